The molecule has 5 heteroatoms. The minimum atomic E-state index is -3.35. The van der Waals surface area contributed by atoms with E-state index in [1.165, 1.54) is 0 Å². The van der Waals surface area contributed by atoms with Crippen molar-refractivity contribution in [2.24, 2.45) is 5.41 Å². The number of anilines is 1. The third-order valence-electron chi connectivity index (χ3n) is 4.08. The Bertz CT molecular complexity index is 550. The molecule has 0 radical (unpaired) electrons. The maximum Gasteiger partial charge on any atom is 0.243 e. The second-order valence-corrected chi connectivity index (χ2v) is 8.13. The quantitative estimate of drug-likeness (QED) is 0.933. The van der Waals surface area contributed by atoms with Gasteiger partial charge in [-0.2, -0.15) is 4.31 Å². The molecule has 112 valence electrons. The largest absolute Gasteiger partial charge is 0.388 e. The average Bonchev–Trinajstić information content (AvgIpc) is 2.60. The minimum absolute atomic E-state index is 0.236. The van der Waals surface area contributed by atoms with E-state index >= 15 is 0 Å². The highest BCUT2D eigenvalue weighted by atomic mass is 32.2. The van der Waals surface area contributed by atoms with Crippen molar-refractivity contribution in [2.75, 3.05) is 25.5 Å². The summed E-state index contributed by atoms with van der Waals surface area (Å²) < 4.78 is 26.9. The number of hydrogen-bond acceptors (Lipinski definition) is 3. The molecule has 1 fully saturated rings. The zero-order chi connectivity index (χ0) is 14.8. The molecule has 1 aromatic rings. The van der Waals surface area contributed by atoms with Gasteiger partial charge in [0.2, 0.25) is 10.0 Å². The van der Waals surface area contributed by atoms with Gasteiger partial charge in [-0.3, -0.25) is 0 Å². The molecule has 0 spiro atoms. The Morgan fingerprint density at radius 3 is 2.35 bits per heavy atom. The lowest BCUT2D eigenvalue weighted by molar-refractivity contribution is 0.315. The number of rotatable bonds is 3. The summed E-state index contributed by atoms with van der Waals surface area (Å²) in [5.41, 5.74) is 1.15. The Morgan fingerprint density at radius 1 is 1.10 bits per heavy atom. The lowest BCUT2D eigenvalue weighted by Gasteiger charge is -2.23. The molecule has 1 aromatic carbocycles. The van der Waals surface area contributed by atoms with Crippen molar-refractivity contribution in [3.05, 3.63) is 24.3 Å². The Kier molecular flexibility index (Phi) is 4.39. The third-order valence-corrected chi connectivity index (χ3v) is 5.99. The molecule has 1 saturated heterocycles. The maximum absolute atomic E-state index is 12.7. The summed E-state index contributed by atoms with van der Waals surface area (Å²) in [6, 6.07) is 6.96. The second kappa shape index (κ2) is 5.74. The van der Waals surface area contributed by atoms with Crippen LogP contribution < -0.4 is 5.32 Å². The van der Waals surface area contributed by atoms with Crippen LogP contribution in [-0.2, 0) is 10.0 Å². The summed E-state index contributed by atoms with van der Waals surface area (Å²) in [7, 11) is -1.54. The lowest BCUT2D eigenvalue weighted by Crippen LogP contribution is -2.32. The first-order chi connectivity index (χ1) is 9.35. The molecule has 1 aliphatic heterocycles. The molecule has 0 amide bonds. The van der Waals surface area contributed by atoms with Gasteiger partial charge in [-0.05, 0) is 48.9 Å². The summed E-state index contributed by atoms with van der Waals surface area (Å²) in [5, 5.41) is 3.00. The second-order valence-electron chi connectivity index (χ2n) is 6.20. The van der Waals surface area contributed by atoms with Crippen LogP contribution in [0.25, 0.3) is 0 Å². The molecule has 2 rings (SSSR count). The molecule has 20 heavy (non-hydrogen) atoms. The number of sulfonamides is 1. The molecule has 1 aliphatic rings. The first-order valence-corrected chi connectivity index (χ1v) is 8.57. The molecule has 1 N–H and O–H groups in total. The highest BCUT2D eigenvalue weighted by molar-refractivity contribution is 7.89. The van der Waals surface area contributed by atoms with Gasteiger partial charge >= 0.3 is 0 Å². The number of benzene rings is 1. The van der Waals surface area contributed by atoms with Crippen LogP contribution in [-0.4, -0.2) is 32.9 Å². The van der Waals surface area contributed by atoms with Crippen molar-refractivity contribution >= 4 is 15.7 Å². The van der Waals surface area contributed by atoms with E-state index in [9.17, 15) is 8.42 Å². The van der Waals surface area contributed by atoms with Gasteiger partial charge < -0.3 is 5.32 Å². The summed E-state index contributed by atoms with van der Waals surface area (Å²) in [4.78, 5) is 0.385. The SMILES string of the molecule is CNc1ccc(S(=O)(=O)N2CCCC(C)(C)CC2)cc1. The van der Waals surface area contributed by atoms with Crippen LogP contribution in [0.1, 0.15) is 33.1 Å². The molecule has 0 saturated carbocycles. The molecular weight excluding hydrogens is 272 g/mol. The van der Waals surface area contributed by atoms with Gasteiger partial charge in [-0.15, -0.1) is 0 Å². The van der Waals surface area contributed by atoms with Crippen LogP contribution >= 0.6 is 0 Å². The van der Waals surface area contributed by atoms with E-state index in [2.05, 4.69) is 19.2 Å². The van der Waals surface area contributed by atoms with E-state index < -0.39 is 10.0 Å². The Labute approximate surface area is 122 Å². The van der Waals surface area contributed by atoms with E-state index in [4.69, 9.17) is 0 Å². The van der Waals surface area contributed by atoms with Crippen molar-refractivity contribution in [3.63, 3.8) is 0 Å². The summed E-state index contributed by atoms with van der Waals surface area (Å²) >= 11 is 0. The van der Waals surface area contributed by atoms with Gasteiger partial charge in [0.05, 0.1) is 4.90 Å². The standard InChI is InChI=1S/C15H24N2O2S/c1-15(2)9-4-11-17(12-10-15)20(18,19)14-7-5-13(16-3)6-8-14/h5-8,16H,4,9-12H2,1-3H3. The number of nitrogens with one attached hydrogen (secondary N) is 1. The predicted molar refractivity (Wildman–Crippen MR) is 82.4 cm³/mol. The van der Waals surface area contributed by atoms with E-state index in [-0.39, 0.29) is 5.41 Å². The topological polar surface area (TPSA) is 49.4 Å². The Hall–Kier alpha value is -1.07. The molecule has 0 unspecified atom stereocenters. The van der Waals surface area contributed by atoms with Gasteiger partial charge in [-0.25, -0.2) is 8.42 Å². The van der Waals surface area contributed by atoms with Crippen molar-refractivity contribution in [2.45, 2.75) is 38.0 Å². The molecule has 0 atom stereocenters. The first kappa shape index (κ1) is 15.3. The van der Waals surface area contributed by atoms with Crippen LogP contribution in [0, 0.1) is 5.41 Å². The molecule has 1 heterocycles. The molecule has 0 bridgehead atoms. The first-order valence-electron chi connectivity index (χ1n) is 7.13. The van der Waals surface area contributed by atoms with Crippen molar-refractivity contribution < 1.29 is 8.42 Å². The predicted octanol–water partition coefficient (Wildman–Crippen LogP) is 2.93. The van der Waals surface area contributed by atoms with Crippen LogP contribution in [0.2, 0.25) is 0 Å². The van der Waals surface area contributed by atoms with Gasteiger partial charge in [0.15, 0.2) is 0 Å². The molecule has 4 nitrogen and oxygen atoms in total. The van der Waals surface area contributed by atoms with Gasteiger partial charge in [-0.1, -0.05) is 13.8 Å². The van der Waals surface area contributed by atoms with E-state index in [0.717, 1.165) is 24.9 Å². The third kappa shape index (κ3) is 3.33. The van der Waals surface area contributed by atoms with E-state index in [1.807, 2.05) is 7.05 Å². The monoisotopic (exact) mass is 296 g/mol. The van der Waals surface area contributed by atoms with Gasteiger partial charge in [0, 0.05) is 25.8 Å². The normalized spacial score (nSPS) is 20.4. The smallest absolute Gasteiger partial charge is 0.243 e. The summed E-state index contributed by atoms with van der Waals surface area (Å²) in [6.07, 6.45) is 2.93. The van der Waals surface area contributed by atoms with E-state index in [1.54, 1.807) is 28.6 Å². The van der Waals surface area contributed by atoms with Crippen LogP contribution in [0.5, 0.6) is 0 Å². The van der Waals surface area contributed by atoms with Crippen molar-refractivity contribution in [3.8, 4) is 0 Å². The lowest BCUT2D eigenvalue weighted by atomic mass is 9.85. The van der Waals surface area contributed by atoms with Gasteiger partial charge in [0.1, 0.15) is 0 Å². The fourth-order valence-corrected chi connectivity index (χ4v) is 4.06. The molecular formula is C15H24N2O2S. The zero-order valence-electron chi connectivity index (χ0n) is 12.5. The van der Waals surface area contributed by atoms with Crippen LogP contribution in [0.4, 0.5) is 5.69 Å². The Balaban J connectivity index is 2.20. The highest BCUT2D eigenvalue weighted by Crippen LogP contribution is 2.31. The zero-order valence-corrected chi connectivity index (χ0v) is 13.3. The fraction of sp³-hybridized carbons (Fsp3) is 0.600. The highest BCUT2D eigenvalue weighted by Gasteiger charge is 2.30. The Morgan fingerprint density at radius 2 is 1.75 bits per heavy atom. The van der Waals surface area contributed by atoms with Crippen LogP contribution in [0.3, 0.4) is 0 Å². The van der Waals surface area contributed by atoms with Crippen molar-refractivity contribution in [1.82, 2.24) is 4.31 Å². The molecule has 0 aliphatic carbocycles. The average molecular weight is 296 g/mol. The minimum Gasteiger partial charge on any atom is -0.388 e. The number of hydrogen-bond donors (Lipinski definition) is 1. The van der Waals surface area contributed by atoms with E-state index in [0.29, 0.717) is 18.0 Å². The summed E-state index contributed by atoms with van der Waals surface area (Å²) in [6.45, 7) is 5.66. The fourth-order valence-electron chi connectivity index (χ4n) is 2.58. The number of nitrogens with zero attached hydrogens (tertiary/aromatic N) is 1. The van der Waals surface area contributed by atoms with Gasteiger partial charge in [0.25, 0.3) is 0 Å². The summed E-state index contributed by atoms with van der Waals surface area (Å²) in [5.74, 6) is 0. The molecule has 0 aromatic heterocycles. The maximum atomic E-state index is 12.7. The van der Waals surface area contributed by atoms with Crippen LogP contribution in [0.15, 0.2) is 29.2 Å². The van der Waals surface area contributed by atoms with Crippen molar-refractivity contribution in [1.29, 1.82) is 0 Å².